The van der Waals surface area contributed by atoms with Crippen LogP contribution >= 0.6 is 39.0 Å². The van der Waals surface area contributed by atoms with Crippen LogP contribution in [0.2, 0.25) is 0 Å². The lowest BCUT2D eigenvalue weighted by atomic mass is 10.1. The molecule has 0 atom stereocenters. The van der Waals surface area contributed by atoms with Gasteiger partial charge in [-0.3, -0.25) is 0 Å². The molecule has 1 aromatic carbocycles. The number of pyridine rings is 1. The number of thiophene rings is 1. The Morgan fingerprint density at radius 1 is 1.31 bits per heavy atom. The summed E-state index contributed by atoms with van der Waals surface area (Å²) in [7, 11) is 1.51. The second-order valence-corrected chi connectivity index (χ2v) is 8.85. The third-order valence-electron chi connectivity index (χ3n) is 3.52. The number of halogens is 2. The van der Waals surface area contributed by atoms with E-state index in [1.54, 1.807) is 12.1 Å². The predicted octanol–water partition coefficient (Wildman–Crippen LogP) is 5.97. The molecule has 2 heterocycles. The van der Waals surface area contributed by atoms with Gasteiger partial charge in [0.15, 0.2) is 0 Å². The first-order chi connectivity index (χ1) is 12.4. The molecule has 0 unspecified atom stereocenters. The summed E-state index contributed by atoms with van der Waals surface area (Å²) in [6, 6.07) is 13.0. The molecule has 0 bridgehead atoms. The third kappa shape index (κ3) is 4.44. The minimum Gasteiger partial charge on any atom is -0.465 e. The summed E-state index contributed by atoms with van der Waals surface area (Å²) in [6.45, 7) is 0.244. The number of benzene rings is 1. The first kappa shape index (κ1) is 18.9. The van der Waals surface area contributed by atoms with Crippen LogP contribution in [0.25, 0.3) is 11.1 Å². The van der Waals surface area contributed by atoms with Crippen LogP contribution in [-0.4, -0.2) is 28.1 Å². The molecule has 0 aliphatic carbocycles. The topological polar surface area (TPSA) is 53.4 Å². The van der Waals surface area contributed by atoms with Gasteiger partial charge < -0.3 is 10.0 Å². The van der Waals surface area contributed by atoms with Crippen molar-refractivity contribution >= 4 is 45.1 Å². The van der Waals surface area contributed by atoms with Crippen molar-refractivity contribution in [3.63, 3.8) is 0 Å². The molecule has 8 heteroatoms. The second kappa shape index (κ2) is 8.20. The molecule has 1 N–H and O–H groups in total. The van der Waals surface area contributed by atoms with Crippen molar-refractivity contribution in [2.24, 2.45) is 0 Å². The Balaban J connectivity index is 2.01. The van der Waals surface area contributed by atoms with Crippen LogP contribution in [-0.2, 0) is 6.54 Å². The number of nitrogens with zero attached hydrogens (tertiary/aromatic N) is 2. The van der Waals surface area contributed by atoms with E-state index in [-0.39, 0.29) is 6.54 Å². The molecule has 4 nitrogen and oxygen atoms in total. The van der Waals surface area contributed by atoms with E-state index in [1.165, 1.54) is 41.2 Å². The Morgan fingerprint density at radius 2 is 2.12 bits per heavy atom. The fraction of sp³-hybridized carbons (Fsp3) is 0.111. The van der Waals surface area contributed by atoms with Gasteiger partial charge in [-0.1, -0.05) is 33.8 Å². The minimum atomic E-state index is -1.01. The van der Waals surface area contributed by atoms with Crippen LogP contribution in [0.1, 0.15) is 4.88 Å². The van der Waals surface area contributed by atoms with Crippen LogP contribution in [0.5, 0.6) is 0 Å². The molecule has 0 radical (unpaired) electrons. The molecule has 2 aromatic heterocycles. The third-order valence-corrected chi connectivity index (χ3v) is 6.33. The lowest BCUT2D eigenvalue weighted by molar-refractivity contribution is 0.154. The van der Waals surface area contributed by atoms with Gasteiger partial charge in [-0.05, 0) is 36.4 Å². The molecule has 3 aromatic rings. The van der Waals surface area contributed by atoms with E-state index in [9.17, 15) is 9.18 Å². The van der Waals surface area contributed by atoms with E-state index in [0.717, 1.165) is 24.0 Å². The molecule has 0 spiro atoms. The number of amides is 1. The van der Waals surface area contributed by atoms with Gasteiger partial charge in [-0.25, -0.2) is 9.78 Å². The van der Waals surface area contributed by atoms with Gasteiger partial charge in [0.1, 0.15) is 0 Å². The molecule has 1 amide bonds. The highest BCUT2D eigenvalue weighted by atomic mass is 79.9. The predicted molar refractivity (Wildman–Crippen MR) is 105 cm³/mol. The van der Waals surface area contributed by atoms with Crippen LogP contribution in [0.15, 0.2) is 62.2 Å². The Bertz CT molecular complexity index is 948. The zero-order chi connectivity index (χ0) is 18.7. The number of hydrogen-bond donors (Lipinski definition) is 1. The fourth-order valence-corrected chi connectivity index (χ4v) is 5.40. The average Bonchev–Trinajstić information content (AvgIpc) is 2.97. The van der Waals surface area contributed by atoms with Gasteiger partial charge in [0.25, 0.3) is 0 Å². The summed E-state index contributed by atoms with van der Waals surface area (Å²) in [5.74, 6) is -0.542. The lowest BCUT2D eigenvalue weighted by Gasteiger charge is -2.10. The second-order valence-electron chi connectivity index (χ2n) is 5.45. The van der Waals surface area contributed by atoms with E-state index in [4.69, 9.17) is 5.11 Å². The van der Waals surface area contributed by atoms with Crippen molar-refractivity contribution in [3.8, 4) is 11.1 Å². The van der Waals surface area contributed by atoms with Crippen LogP contribution in [0, 0.1) is 5.95 Å². The van der Waals surface area contributed by atoms with Gasteiger partial charge in [0.2, 0.25) is 5.95 Å². The molecular formula is C18H14BrFN2O2S2. The molecule has 26 heavy (non-hydrogen) atoms. The fourth-order valence-electron chi connectivity index (χ4n) is 2.29. The average molecular weight is 453 g/mol. The van der Waals surface area contributed by atoms with E-state index in [1.807, 2.05) is 30.3 Å². The normalized spacial score (nSPS) is 10.7. The molecule has 0 aliphatic rings. The zero-order valence-electron chi connectivity index (χ0n) is 13.6. The summed E-state index contributed by atoms with van der Waals surface area (Å²) in [5, 5.41) is 9.10. The monoisotopic (exact) mass is 452 g/mol. The standard InChI is InChI=1S/C18H14BrFN2O2S2/c1-22(18(23)24)10-13-9-15(14-6-3-7-21-16(14)20)17(26-13)25-12-5-2-4-11(19)8-12/h2-9H,10H2,1H3,(H,23,24). The summed E-state index contributed by atoms with van der Waals surface area (Å²) in [4.78, 5) is 17.9. The largest absolute Gasteiger partial charge is 0.465 e. The lowest BCUT2D eigenvalue weighted by Crippen LogP contribution is -2.23. The van der Waals surface area contributed by atoms with Crippen molar-refractivity contribution in [2.75, 3.05) is 7.05 Å². The number of carbonyl (C=O) groups is 1. The minimum absolute atomic E-state index is 0.244. The molecule has 0 saturated heterocycles. The van der Waals surface area contributed by atoms with Crippen molar-refractivity contribution in [3.05, 3.63) is 64.0 Å². The van der Waals surface area contributed by atoms with Crippen LogP contribution in [0.4, 0.5) is 9.18 Å². The van der Waals surface area contributed by atoms with Gasteiger partial charge >= 0.3 is 6.09 Å². The van der Waals surface area contributed by atoms with Crippen molar-refractivity contribution < 1.29 is 14.3 Å². The Morgan fingerprint density at radius 3 is 2.81 bits per heavy atom. The van der Waals surface area contributed by atoms with Gasteiger partial charge in [-0.15, -0.1) is 11.3 Å². The first-order valence-electron chi connectivity index (χ1n) is 7.55. The number of hydrogen-bond acceptors (Lipinski definition) is 4. The van der Waals surface area contributed by atoms with Gasteiger partial charge in [0.05, 0.1) is 10.8 Å². The summed E-state index contributed by atoms with van der Waals surface area (Å²) in [6.07, 6.45) is 0.402. The summed E-state index contributed by atoms with van der Waals surface area (Å²) < 4.78 is 16.1. The summed E-state index contributed by atoms with van der Waals surface area (Å²) in [5.41, 5.74) is 1.13. The number of rotatable bonds is 5. The molecule has 0 fully saturated rings. The molecule has 134 valence electrons. The highest BCUT2D eigenvalue weighted by Crippen LogP contribution is 2.43. The highest BCUT2D eigenvalue weighted by Gasteiger charge is 2.18. The Kier molecular flexibility index (Phi) is 5.95. The Labute approximate surface area is 166 Å². The molecular weight excluding hydrogens is 439 g/mol. The first-order valence-corrected chi connectivity index (χ1v) is 9.97. The quantitative estimate of drug-likeness (QED) is 0.484. The summed E-state index contributed by atoms with van der Waals surface area (Å²) >= 11 is 6.43. The van der Waals surface area contributed by atoms with E-state index >= 15 is 0 Å². The van der Waals surface area contributed by atoms with Crippen molar-refractivity contribution in [1.82, 2.24) is 9.88 Å². The van der Waals surface area contributed by atoms with E-state index in [0.29, 0.717) is 5.56 Å². The molecule has 0 saturated carbocycles. The zero-order valence-corrected chi connectivity index (χ0v) is 16.9. The maximum atomic E-state index is 14.2. The number of aromatic nitrogens is 1. The van der Waals surface area contributed by atoms with E-state index in [2.05, 4.69) is 20.9 Å². The molecule has 3 rings (SSSR count). The maximum Gasteiger partial charge on any atom is 0.407 e. The molecule has 0 aliphatic heterocycles. The number of carboxylic acid groups (broad SMARTS) is 1. The van der Waals surface area contributed by atoms with Crippen LogP contribution in [0.3, 0.4) is 0 Å². The van der Waals surface area contributed by atoms with Crippen molar-refractivity contribution in [2.45, 2.75) is 15.6 Å². The van der Waals surface area contributed by atoms with Crippen LogP contribution < -0.4 is 0 Å². The highest BCUT2D eigenvalue weighted by molar-refractivity contribution is 9.10. The SMILES string of the molecule is CN(Cc1cc(-c2cccnc2F)c(Sc2cccc(Br)c2)s1)C(=O)O. The van der Waals surface area contributed by atoms with Gasteiger partial charge in [-0.2, -0.15) is 4.39 Å². The smallest absolute Gasteiger partial charge is 0.407 e. The Hall–Kier alpha value is -1.90. The van der Waals surface area contributed by atoms with E-state index < -0.39 is 12.0 Å². The van der Waals surface area contributed by atoms with Gasteiger partial charge in [0, 0.05) is 38.6 Å². The van der Waals surface area contributed by atoms with Crippen molar-refractivity contribution in [1.29, 1.82) is 0 Å². The maximum absolute atomic E-state index is 14.2.